The third kappa shape index (κ3) is 3.95. The number of carbonyl (C=O) groups is 1. The molecule has 0 aromatic heterocycles. The summed E-state index contributed by atoms with van der Waals surface area (Å²) in [6.45, 7) is 2.34. The van der Waals surface area contributed by atoms with Crippen LogP contribution in [0.1, 0.15) is 44.6 Å². The van der Waals surface area contributed by atoms with Crippen LogP contribution in [-0.4, -0.2) is 12.6 Å². The van der Waals surface area contributed by atoms with E-state index in [1.54, 1.807) is 0 Å². The molecular formula is C17H22O2. The number of rotatable bonds is 3. The highest BCUT2D eigenvalue weighted by Gasteiger charge is 2.25. The summed E-state index contributed by atoms with van der Waals surface area (Å²) in [6, 6.07) is 10.2. The molecule has 2 heteroatoms. The zero-order valence-electron chi connectivity index (χ0n) is 11.6. The Bertz CT molecular complexity index is 434. The van der Waals surface area contributed by atoms with Crippen LogP contribution in [0.2, 0.25) is 0 Å². The Hall–Kier alpha value is -1.57. The Kier molecular flexibility index (Phi) is 5.20. The second-order valence-corrected chi connectivity index (χ2v) is 5.03. The van der Waals surface area contributed by atoms with Gasteiger partial charge in [-0.15, -0.1) is 0 Å². The summed E-state index contributed by atoms with van der Waals surface area (Å²) >= 11 is 0. The molecule has 2 rings (SSSR count). The van der Waals surface area contributed by atoms with Gasteiger partial charge in [0.25, 0.3) is 0 Å². The van der Waals surface area contributed by atoms with E-state index in [9.17, 15) is 4.79 Å². The fourth-order valence-electron chi connectivity index (χ4n) is 2.66. The van der Waals surface area contributed by atoms with Crippen molar-refractivity contribution in [1.29, 1.82) is 0 Å². The van der Waals surface area contributed by atoms with Gasteiger partial charge < -0.3 is 4.74 Å². The average Bonchev–Trinajstić information content (AvgIpc) is 2.66. The summed E-state index contributed by atoms with van der Waals surface area (Å²) in [4.78, 5) is 12.1. The van der Waals surface area contributed by atoms with Gasteiger partial charge in [-0.05, 0) is 31.7 Å². The van der Waals surface area contributed by atoms with Crippen molar-refractivity contribution < 1.29 is 9.53 Å². The molecule has 0 aliphatic heterocycles. The molecule has 0 bridgehead atoms. The van der Waals surface area contributed by atoms with Crippen LogP contribution in [0.15, 0.2) is 35.9 Å². The molecule has 1 atom stereocenters. The largest absolute Gasteiger partial charge is 0.466 e. The van der Waals surface area contributed by atoms with Crippen molar-refractivity contribution >= 4 is 12.0 Å². The minimum Gasteiger partial charge on any atom is -0.466 e. The zero-order valence-corrected chi connectivity index (χ0v) is 11.6. The Morgan fingerprint density at radius 2 is 2.05 bits per heavy atom. The number of carbonyl (C=O) groups excluding carboxylic acids is 1. The molecule has 2 nitrogen and oxygen atoms in total. The summed E-state index contributed by atoms with van der Waals surface area (Å²) in [6.07, 6.45) is 7.62. The summed E-state index contributed by atoms with van der Waals surface area (Å²) in [5.41, 5.74) is 2.41. The van der Waals surface area contributed by atoms with Gasteiger partial charge in [0, 0.05) is 0 Å². The van der Waals surface area contributed by atoms with Crippen LogP contribution < -0.4 is 0 Å². The van der Waals surface area contributed by atoms with E-state index in [1.807, 2.05) is 25.1 Å². The SMILES string of the molecule is CCOC(=O)C1CCCCC/C1=C\c1ccccc1. The van der Waals surface area contributed by atoms with E-state index in [-0.39, 0.29) is 11.9 Å². The molecule has 1 saturated carbocycles. The van der Waals surface area contributed by atoms with Gasteiger partial charge in [-0.1, -0.05) is 54.8 Å². The van der Waals surface area contributed by atoms with Crippen LogP contribution >= 0.6 is 0 Å². The summed E-state index contributed by atoms with van der Waals surface area (Å²) in [5, 5.41) is 0. The van der Waals surface area contributed by atoms with Gasteiger partial charge in [-0.2, -0.15) is 0 Å². The number of hydrogen-bond acceptors (Lipinski definition) is 2. The van der Waals surface area contributed by atoms with Crippen molar-refractivity contribution in [3.05, 3.63) is 41.5 Å². The molecule has 0 heterocycles. The van der Waals surface area contributed by atoms with Crippen LogP contribution in [0.4, 0.5) is 0 Å². The lowest BCUT2D eigenvalue weighted by atomic mass is 9.92. The highest BCUT2D eigenvalue weighted by Crippen LogP contribution is 2.30. The van der Waals surface area contributed by atoms with E-state index in [2.05, 4.69) is 18.2 Å². The van der Waals surface area contributed by atoms with Gasteiger partial charge >= 0.3 is 5.97 Å². The molecule has 19 heavy (non-hydrogen) atoms. The van der Waals surface area contributed by atoms with Gasteiger partial charge in [0.15, 0.2) is 0 Å². The molecule has 1 aliphatic carbocycles. The van der Waals surface area contributed by atoms with Gasteiger partial charge in [-0.25, -0.2) is 0 Å². The van der Waals surface area contributed by atoms with Gasteiger partial charge in [0.05, 0.1) is 12.5 Å². The van der Waals surface area contributed by atoms with E-state index in [0.29, 0.717) is 6.61 Å². The molecule has 1 unspecified atom stereocenters. The normalized spacial score (nSPS) is 21.9. The van der Waals surface area contributed by atoms with Gasteiger partial charge in [-0.3, -0.25) is 4.79 Å². The first-order chi connectivity index (χ1) is 9.31. The first-order valence-electron chi connectivity index (χ1n) is 7.23. The molecule has 1 fully saturated rings. The number of benzene rings is 1. The maximum absolute atomic E-state index is 12.1. The number of esters is 1. The van der Waals surface area contributed by atoms with Crippen molar-refractivity contribution in [2.24, 2.45) is 5.92 Å². The molecule has 1 aromatic carbocycles. The molecule has 0 spiro atoms. The standard InChI is InChI=1S/C17H22O2/c1-2-19-17(18)16-12-8-4-7-11-15(16)13-14-9-5-3-6-10-14/h3,5-6,9-10,13,16H,2,4,7-8,11-12H2,1H3/b15-13+. The monoisotopic (exact) mass is 258 g/mol. The molecule has 0 N–H and O–H groups in total. The Labute approximate surface area is 115 Å². The maximum atomic E-state index is 12.1. The minimum absolute atomic E-state index is 0.0392. The predicted octanol–water partition coefficient (Wildman–Crippen LogP) is 4.21. The molecule has 102 valence electrons. The fourth-order valence-corrected chi connectivity index (χ4v) is 2.66. The minimum atomic E-state index is -0.0495. The molecule has 0 amide bonds. The molecule has 0 radical (unpaired) electrons. The maximum Gasteiger partial charge on any atom is 0.313 e. The van der Waals surface area contributed by atoms with Gasteiger partial charge in [0.2, 0.25) is 0 Å². The lowest BCUT2D eigenvalue weighted by molar-refractivity contribution is -0.146. The Balaban J connectivity index is 2.22. The van der Waals surface area contributed by atoms with Crippen LogP contribution in [0.3, 0.4) is 0 Å². The summed E-state index contributed by atoms with van der Waals surface area (Å²) in [7, 11) is 0. The molecule has 1 aromatic rings. The third-order valence-electron chi connectivity index (χ3n) is 3.63. The Morgan fingerprint density at radius 3 is 2.79 bits per heavy atom. The van der Waals surface area contributed by atoms with Gasteiger partial charge in [0.1, 0.15) is 0 Å². The first-order valence-corrected chi connectivity index (χ1v) is 7.23. The van der Waals surface area contributed by atoms with Crippen LogP contribution in [0.5, 0.6) is 0 Å². The predicted molar refractivity (Wildman–Crippen MR) is 77.6 cm³/mol. The quantitative estimate of drug-likeness (QED) is 0.599. The van der Waals surface area contributed by atoms with E-state index in [1.165, 1.54) is 24.0 Å². The van der Waals surface area contributed by atoms with Crippen molar-refractivity contribution in [2.45, 2.75) is 39.0 Å². The van der Waals surface area contributed by atoms with E-state index >= 15 is 0 Å². The topological polar surface area (TPSA) is 26.3 Å². The van der Waals surface area contributed by atoms with E-state index in [4.69, 9.17) is 4.74 Å². The smallest absolute Gasteiger partial charge is 0.313 e. The fraction of sp³-hybridized carbons (Fsp3) is 0.471. The number of ether oxygens (including phenoxy) is 1. The first kappa shape index (κ1) is 13.9. The van der Waals surface area contributed by atoms with E-state index in [0.717, 1.165) is 19.3 Å². The van der Waals surface area contributed by atoms with Crippen molar-refractivity contribution in [3.63, 3.8) is 0 Å². The van der Waals surface area contributed by atoms with Crippen LogP contribution in [0, 0.1) is 5.92 Å². The highest BCUT2D eigenvalue weighted by atomic mass is 16.5. The lowest BCUT2D eigenvalue weighted by Gasteiger charge is -2.16. The second-order valence-electron chi connectivity index (χ2n) is 5.03. The molecule has 1 aliphatic rings. The summed E-state index contributed by atoms with van der Waals surface area (Å²) in [5.74, 6) is -0.0887. The summed E-state index contributed by atoms with van der Waals surface area (Å²) < 4.78 is 5.23. The van der Waals surface area contributed by atoms with Crippen molar-refractivity contribution in [2.75, 3.05) is 6.61 Å². The van der Waals surface area contributed by atoms with E-state index < -0.39 is 0 Å². The third-order valence-corrected chi connectivity index (χ3v) is 3.63. The second kappa shape index (κ2) is 7.13. The average molecular weight is 258 g/mol. The highest BCUT2D eigenvalue weighted by molar-refractivity contribution is 5.78. The lowest BCUT2D eigenvalue weighted by Crippen LogP contribution is -2.19. The van der Waals surface area contributed by atoms with Crippen LogP contribution in [-0.2, 0) is 9.53 Å². The van der Waals surface area contributed by atoms with Crippen LogP contribution in [0.25, 0.3) is 6.08 Å². The number of hydrogen-bond donors (Lipinski definition) is 0. The van der Waals surface area contributed by atoms with Crippen molar-refractivity contribution in [3.8, 4) is 0 Å². The molecule has 0 saturated heterocycles. The molecular weight excluding hydrogens is 236 g/mol. The zero-order chi connectivity index (χ0) is 13.5. The Morgan fingerprint density at radius 1 is 1.26 bits per heavy atom. The van der Waals surface area contributed by atoms with Crippen molar-refractivity contribution in [1.82, 2.24) is 0 Å².